The molecule has 1 fully saturated rings. The van der Waals surface area contributed by atoms with Crippen molar-refractivity contribution in [2.24, 2.45) is 0 Å². The van der Waals surface area contributed by atoms with Gasteiger partial charge in [0.05, 0.1) is 5.57 Å². The minimum atomic E-state index is -0.0519. The van der Waals surface area contributed by atoms with Gasteiger partial charge in [0.25, 0.3) is 5.91 Å². The fourth-order valence-corrected chi connectivity index (χ4v) is 3.54. The fraction of sp³-hybridized carbons (Fsp3) is 0.250. The Labute approximate surface area is 152 Å². The number of carbonyl (C=O) groups is 1. The Hall–Kier alpha value is -2.30. The molecule has 2 heterocycles. The number of halogens is 1. The number of anilines is 1. The number of amides is 1. The predicted molar refractivity (Wildman–Crippen MR) is 101 cm³/mol. The summed E-state index contributed by atoms with van der Waals surface area (Å²) in [6.45, 7) is 4.79. The van der Waals surface area contributed by atoms with Crippen molar-refractivity contribution in [3.8, 4) is 0 Å². The summed E-state index contributed by atoms with van der Waals surface area (Å²) >= 11 is 6.09. The molecule has 0 saturated carbocycles. The van der Waals surface area contributed by atoms with Crippen LogP contribution < -0.4 is 5.32 Å². The summed E-state index contributed by atoms with van der Waals surface area (Å²) in [5, 5.41) is 3.55. The molecule has 5 heteroatoms. The Morgan fingerprint density at radius 3 is 2.56 bits per heavy atom. The third-order valence-corrected chi connectivity index (χ3v) is 4.97. The van der Waals surface area contributed by atoms with E-state index in [0.717, 1.165) is 44.0 Å². The summed E-state index contributed by atoms with van der Waals surface area (Å²) < 4.78 is 0. The molecule has 0 bridgehead atoms. The lowest BCUT2D eigenvalue weighted by molar-refractivity contribution is -0.110. The van der Waals surface area contributed by atoms with Gasteiger partial charge >= 0.3 is 0 Å². The quantitative estimate of drug-likeness (QED) is 0.858. The summed E-state index contributed by atoms with van der Waals surface area (Å²) in [5.74, 6) is -0.0519. The lowest BCUT2D eigenvalue weighted by atomic mass is 10.1. The van der Waals surface area contributed by atoms with Crippen molar-refractivity contribution in [3.05, 3.63) is 70.9 Å². The lowest BCUT2D eigenvalue weighted by Gasteiger charge is -2.34. The van der Waals surface area contributed by atoms with E-state index in [1.165, 1.54) is 5.56 Å². The number of hydrogen-bond acceptors (Lipinski definition) is 3. The van der Waals surface area contributed by atoms with Crippen LogP contribution in [0, 0.1) is 0 Å². The molecule has 0 radical (unpaired) electrons. The van der Waals surface area contributed by atoms with E-state index in [1.54, 1.807) is 6.07 Å². The Morgan fingerprint density at radius 1 is 1.04 bits per heavy atom. The average molecular weight is 354 g/mol. The van der Waals surface area contributed by atoms with Crippen LogP contribution in [0.1, 0.15) is 11.1 Å². The molecule has 0 aromatic heterocycles. The molecule has 1 N–H and O–H groups in total. The van der Waals surface area contributed by atoms with Crippen LogP contribution in [0.25, 0.3) is 5.57 Å². The van der Waals surface area contributed by atoms with Gasteiger partial charge in [0.1, 0.15) is 0 Å². The van der Waals surface area contributed by atoms with E-state index in [-0.39, 0.29) is 5.91 Å². The standard InChI is InChI=1S/C20H20ClN3O/c21-16-6-7-19-17(12-16)18(20(25)22-19)14-24-10-8-23(9-11-24)13-15-4-2-1-3-5-15/h1-7,12,14H,8-11,13H2,(H,22,25)/b18-14+. The van der Waals surface area contributed by atoms with Gasteiger partial charge < -0.3 is 10.2 Å². The highest BCUT2D eigenvalue weighted by Crippen LogP contribution is 2.34. The summed E-state index contributed by atoms with van der Waals surface area (Å²) in [5.41, 5.74) is 3.77. The van der Waals surface area contributed by atoms with Crippen LogP contribution in [0.5, 0.6) is 0 Å². The molecule has 2 aromatic rings. The molecule has 0 aliphatic carbocycles. The maximum absolute atomic E-state index is 12.3. The smallest absolute Gasteiger partial charge is 0.257 e. The third kappa shape index (κ3) is 3.55. The minimum absolute atomic E-state index is 0.0519. The van der Waals surface area contributed by atoms with Gasteiger partial charge in [-0.2, -0.15) is 0 Å². The first kappa shape index (κ1) is 16.2. The van der Waals surface area contributed by atoms with Gasteiger partial charge in [-0.05, 0) is 23.8 Å². The molecule has 2 aliphatic rings. The number of rotatable bonds is 3. The topological polar surface area (TPSA) is 35.6 Å². The van der Waals surface area contributed by atoms with E-state index < -0.39 is 0 Å². The van der Waals surface area contributed by atoms with Crippen molar-refractivity contribution in [2.75, 3.05) is 31.5 Å². The molecule has 1 saturated heterocycles. The average Bonchev–Trinajstić information content (AvgIpc) is 2.93. The highest BCUT2D eigenvalue weighted by Gasteiger charge is 2.26. The molecular formula is C20H20ClN3O. The first-order chi connectivity index (χ1) is 12.2. The van der Waals surface area contributed by atoms with Gasteiger partial charge in [0.15, 0.2) is 0 Å². The Morgan fingerprint density at radius 2 is 1.80 bits per heavy atom. The Balaban J connectivity index is 1.43. The van der Waals surface area contributed by atoms with Crippen LogP contribution in [-0.2, 0) is 11.3 Å². The number of piperazine rings is 1. The molecular weight excluding hydrogens is 334 g/mol. The third-order valence-electron chi connectivity index (χ3n) is 4.73. The molecule has 1 amide bonds. The lowest BCUT2D eigenvalue weighted by Crippen LogP contribution is -2.43. The summed E-state index contributed by atoms with van der Waals surface area (Å²) in [4.78, 5) is 16.9. The molecule has 128 valence electrons. The van der Waals surface area contributed by atoms with Crippen LogP contribution in [-0.4, -0.2) is 41.9 Å². The van der Waals surface area contributed by atoms with Gasteiger partial charge in [0, 0.05) is 55.2 Å². The maximum atomic E-state index is 12.3. The molecule has 0 atom stereocenters. The van der Waals surface area contributed by atoms with Crippen molar-refractivity contribution in [2.45, 2.75) is 6.54 Å². The van der Waals surface area contributed by atoms with E-state index in [2.05, 4.69) is 39.4 Å². The van der Waals surface area contributed by atoms with Crippen LogP contribution >= 0.6 is 11.6 Å². The van der Waals surface area contributed by atoms with Crippen molar-refractivity contribution in [3.63, 3.8) is 0 Å². The second kappa shape index (κ2) is 6.90. The maximum Gasteiger partial charge on any atom is 0.257 e. The summed E-state index contributed by atoms with van der Waals surface area (Å²) in [6, 6.07) is 16.0. The highest BCUT2D eigenvalue weighted by atomic mass is 35.5. The van der Waals surface area contributed by atoms with Gasteiger partial charge in [-0.25, -0.2) is 0 Å². The molecule has 4 rings (SSSR count). The number of nitrogens with one attached hydrogen (secondary N) is 1. The Bertz CT molecular complexity index is 811. The van der Waals surface area contributed by atoms with Crippen molar-refractivity contribution < 1.29 is 4.79 Å². The second-order valence-electron chi connectivity index (χ2n) is 6.48. The molecule has 2 aliphatic heterocycles. The zero-order valence-electron chi connectivity index (χ0n) is 13.9. The van der Waals surface area contributed by atoms with Crippen LogP contribution in [0.4, 0.5) is 5.69 Å². The number of fused-ring (bicyclic) bond motifs is 1. The molecule has 2 aromatic carbocycles. The first-order valence-corrected chi connectivity index (χ1v) is 8.90. The SMILES string of the molecule is O=C1Nc2ccc(Cl)cc2/C1=C\N1CCN(Cc2ccccc2)CC1. The highest BCUT2D eigenvalue weighted by molar-refractivity contribution is 6.34. The van der Waals surface area contributed by atoms with Crippen LogP contribution in [0.2, 0.25) is 5.02 Å². The van der Waals surface area contributed by atoms with Gasteiger partial charge in [0.2, 0.25) is 0 Å². The van der Waals surface area contributed by atoms with Gasteiger partial charge in [-0.3, -0.25) is 9.69 Å². The molecule has 0 unspecified atom stereocenters. The van der Waals surface area contributed by atoms with E-state index in [9.17, 15) is 4.79 Å². The number of hydrogen-bond donors (Lipinski definition) is 1. The predicted octanol–water partition coefficient (Wildman–Crippen LogP) is 3.45. The van der Waals surface area contributed by atoms with E-state index >= 15 is 0 Å². The van der Waals surface area contributed by atoms with E-state index in [4.69, 9.17) is 11.6 Å². The minimum Gasteiger partial charge on any atom is -0.374 e. The first-order valence-electron chi connectivity index (χ1n) is 8.52. The number of benzene rings is 2. The van der Waals surface area contributed by atoms with Crippen molar-refractivity contribution in [1.29, 1.82) is 0 Å². The Kier molecular flexibility index (Phi) is 4.47. The van der Waals surface area contributed by atoms with Gasteiger partial charge in [-0.1, -0.05) is 41.9 Å². The summed E-state index contributed by atoms with van der Waals surface area (Å²) in [6.07, 6.45) is 1.98. The van der Waals surface area contributed by atoms with Crippen molar-refractivity contribution in [1.82, 2.24) is 9.80 Å². The number of nitrogens with zero attached hydrogens (tertiary/aromatic N) is 2. The zero-order chi connectivity index (χ0) is 17.2. The fourth-order valence-electron chi connectivity index (χ4n) is 3.36. The molecule has 4 nitrogen and oxygen atoms in total. The molecule has 25 heavy (non-hydrogen) atoms. The van der Waals surface area contributed by atoms with E-state index in [1.807, 2.05) is 24.4 Å². The zero-order valence-corrected chi connectivity index (χ0v) is 14.7. The normalized spacial score (nSPS) is 19.2. The van der Waals surface area contributed by atoms with E-state index in [0.29, 0.717) is 10.6 Å². The van der Waals surface area contributed by atoms with Crippen LogP contribution in [0.15, 0.2) is 54.7 Å². The monoisotopic (exact) mass is 353 g/mol. The van der Waals surface area contributed by atoms with Crippen LogP contribution in [0.3, 0.4) is 0 Å². The molecule has 0 spiro atoms. The largest absolute Gasteiger partial charge is 0.374 e. The second-order valence-corrected chi connectivity index (χ2v) is 6.92. The number of carbonyl (C=O) groups excluding carboxylic acids is 1. The van der Waals surface area contributed by atoms with Crippen molar-refractivity contribution >= 4 is 28.8 Å². The summed E-state index contributed by atoms with van der Waals surface area (Å²) in [7, 11) is 0. The van der Waals surface area contributed by atoms with Gasteiger partial charge in [-0.15, -0.1) is 0 Å².